The van der Waals surface area contributed by atoms with Gasteiger partial charge in [-0.15, -0.1) is 0 Å². The topological polar surface area (TPSA) is 54.9 Å². The van der Waals surface area contributed by atoms with Crippen molar-refractivity contribution in [2.45, 2.75) is 32.1 Å². The Labute approximate surface area is 172 Å². The monoisotopic (exact) mass is 395 g/mol. The first kappa shape index (κ1) is 19.9. The molecule has 1 aromatic carbocycles. The Morgan fingerprint density at radius 3 is 2.62 bits per heavy atom. The van der Waals surface area contributed by atoms with Crippen molar-refractivity contribution in [2.24, 2.45) is 5.92 Å². The molecule has 1 amide bonds. The van der Waals surface area contributed by atoms with Crippen LogP contribution in [0.3, 0.4) is 0 Å². The maximum Gasteiger partial charge on any atom is 0.225 e. The summed E-state index contributed by atoms with van der Waals surface area (Å²) in [6, 6.07) is 12.1. The molecule has 0 bridgehead atoms. The van der Waals surface area contributed by atoms with Crippen molar-refractivity contribution in [2.75, 3.05) is 33.3 Å². The molecule has 29 heavy (non-hydrogen) atoms. The van der Waals surface area contributed by atoms with E-state index in [1.165, 1.54) is 5.56 Å². The SMILES string of the molecule is COc1ccc(CN2CCN(C(=O)C3CC3)CC(OCc3cccnc3)C2)cc1. The molecule has 6 heteroatoms. The minimum atomic E-state index is -0.0151. The van der Waals surface area contributed by atoms with Gasteiger partial charge in [0.15, 0.2) is 0 Å². The Balaban J connectivity index is 1.42. The number of rotatable bonds is 7. The molecule has 1 unspecified atom stereocenters. The molecule has 0 spiro atoms. The number of amides is 1. The van der Waals surface area contributed by atoms with E-state index < -0.39 is 0 Å². The smallest absolute Gasteiger partial charge is 0.225 e. The van der Waals surface area contributed by atoms with Crippen LogP contribution in [0.5, 0.6) is 5.75 Å². The van der Waals surface area contributed by atoms with E-state index in [-0.39, 0.29) is 12.0 Å². The van der Waals surface area contributed by atoms with Gasteiger partial charge in [0.1, 0.15) is 5.75 Å². The van der Waals surface area contributed by atoms with E-state index in [0.29, 0.717) is 19.1 Å². The summed E-state index contributed by atoms with van der Waals surface area (Å²) < 4.78 is 11.5. The van der Waals surface area contributed by atoms with Crippen LogP contribution >= 0.6 is 0 Å². The first-order chi connectivity index (χ1) is 14.2. The van der Waals surface area contributed by atoms with Crippen molar-refractivity contribution >= 4 is 5.91 Å². The highest BCUT2D eigenvalue weighted by Crippen LogP contribution is 2.31. The Morgan fingerprint density at radius 1 is 1.10 bits per heavy atom. The van der Waals surface area contributed by atoms with E-state index >= 15 is 0 Å². The molecule has 2 fully saturated rings. The zero-order valence-electron chi connectivity index (χ0n) is 17.0. The van der Waals surface area contributed by atoms with E-state index in [1.54, 1.807) is 13.3 Å². The summed E-state index contributed by atoms with van der Waals surface area (Å²) in [5.41, 5.74) is 2.29. The summed E-state index contributed by atoms with van der Waals surface area (Å²) in [6.07, 6.45) is 5.65. The molecule has 2 heterocycles. The maximum atomic E-state index is 12.7. The fourth-order valence-corrected chi connectivity index (χ4v) is 3.76. The molecular weight excluding hydrogens is 366 g/mol. The standard InChI is InChI=1S/C23H29N3O3/c1-28-21-8-4-18(5-9-21)14-25-11-12-26(23(27)20-6-7-20)16-22(15-25)29-17-19-3-2-10-24-13-19/h2-5,8-10,13,20,22H,6-7,11-12,14-17H2,1H3. The second-order valence-corrected chi connectivity index (χ2v) is 7.94. The molecule has 2 aromatic rings. The predicted molar refractivity (Wildman–Crippen MR) is 110 cm³/mol. The minimum absolute atomic E-state index is 0.0151. The third-order valence-corrected chi connectivity index (χ3v) is 5.58. The number of ether oxygens (including phenoxy) is 2. The third kappa shape index (κ3) is 5.55. The van der Waals surface area contributed by atoms with Gasteiger partial charge >= 0.3 is 0 Å². The fourth-order valence-electron chi connectivity index (χ4n) is 3.76. The van der Waals surface area contributed by atoms with Crippen LogP contribution < -0.4 is 4.74 Å². The van der Waals surface area contributed by atoms with Crippen LogP contribution in [0.15, 0.2) is 48.8 Å². The van der Waals surface area contributed by atoms with E-state index in [1.807, 2.05) is 35.4 Å². The fraction of sp³-hybridized carbons (Fsp3) is 0.478. The number of benzene rings is 1. The second kappa shape index (κ2) is 9.37. The Bertz CT molecular complexity index is 793. The number of carbonyl (C=O) groups is 1. The molecule has 1 saturated heterocycles. The summed E-state index contributed by atoms with van der Waals surface area (Å²) in [7, 11) is 1.68. The van der Waals surface area contributed by atoms with Gasteiger partial charge < -0.3 is 14.4 Å². The molecule has 4 rings (SSSR count). The van der Waals surface area contributed by atoms with Crippen molar-refractivity contribution in [1.29, 1.82) is 0 Å². The van der Waals surface area contributed by atoms with Crippen molar-refractivity contribution in [3.63, 3.8) is 0 Å². The summed E-state index contributed by atoms with van der Waals surface area (Å²) >= 11 is 0. The molecule has 2 aliphatic rings. The molecule has 154 valence electrons. The molecule has 1 saturated carbocycles. The van der Waals surface area contributed by atoms with E-state index in [2.05, 4.69) is 22.0 Å². The molecule has 1 aliphatic heterocycles. The summed E-state index contributed by atoms with van der Waals surface area (Å²) in [4.78, 5) is 21.3. The molecule has 1 aliphatic carbocycles. The predicted octanol–water partition coefficient (Wildman–Crippen LogP) is 2.73. The van der Waals surface area contributed by atoms with Crippen molar-refractivity contribution in [1.82, 2.24) is 14.8 Å². The van der Waals surface area contributed by atoms with Crippen molar-refractivity contribution in [3.05, 3.63) is 59.9 Å². The molecular formula is C23H29N3O3. The quantitative estimate of drug-likeness (QED) is 0.722. The summed E-state index contributed by atoms with van der Waals surface area (Å²) in [5.74, 6) is 1.40. The van der Waals surface area contributed by atoms with Crippen LogP contribution in [-0.4, -0.2) is 60.1 Å². The number of pyridine rings is 1. The van der Waals surface area contributed by atoms with Crippen molar-refractivity contribution in [3.8, 4) is 5.75 Å². The first-order valence-electron chi connectivity index (χ1n) is 10.4. The number of carbonyl (C=O) groups excluding carboxylic acids is 1. The van der Waals surface area contributed by atoms with Crippen LogP contribution in [0.4, 0.5) is 0 Å². The van der Waals surface area contributed by atoms with Gasteiger partial charge in [-0.3, -0.25) is 14.7 Å². The lowest BCUT2D eigenvalue weighted by Crippen LogP contribution is -2.39. The number of hydrogen-bond donors (Lipinski definition) is 0. The van der Waals surface area contributed by atoms with Crippen LogP contribution in [0.2, 0.25) is 0 Å². The average molecular weight is 396 g/mol. The van der Waals surface area contributed by atoms with Gasteiger partial charge in [0.2, 0.25) is 5.91 Å². The average Bonchev–Trinajstić information content (AvgIpc) is 3.61. The molecule has 0 radical (unpaired) electrons. The van der Waals surface area contributed by atoms with Gasteiger partial charge in [-0.25, -0.2) is 0 Å². The van der Waals surface area contributed by atoms with Crippen molar-refractivity contribution < 1.29 is 14.3 Å². The normalized spacial score (nSPS) is 20.3. The van der Waals surface area contributed by atoms with Gasteiger partial charge in [-0.1, -0.05) is 18.2 Å². The van der Waals surface area contributed by atoms with E-state index in [4.69, 9.17) is 9.47 Å². The molecule has 1 atom stereocenters. The largest absolute Gasteiger partial charge is 0.497 e. The van der Waals surface area contributed by atoms with Crippen LogP contribution in [0.25, 0.3) is 0 Å². The lowest BCUT2D eigenvalue weighted by Gasteiger charge is -2.25. The van der Waals surface area contributed by atoms with E-state index in [9.17, 15) is 4.79 Å². The highest BCUT2D eigenvalue weighted by atomic mass is 16.5. The number of hydrogen-bond acceptors (Lipinski definition) is 5. The summed E-state index contributed by atoms with van der Waals surface area (Å²) in [6.45, 7) is 4.44. The maximum absolute atomic E-state index is 12.7. The number of methoxy groups -OCH3 is 1. The molecule has 6 nitrogen and oxygen atoms in total. The third-order valence-electron chi connectivity index (χ3n) is 5.58. The van der Waals surface area contributed by atoms with Gasteiger partial charge in [0.05, 0.1) is 19.8 Å². The Kier molecular flexibility index (Phi) is 6.42. The highest BCUT2D eigenvalue weighted by Gasteiger charge is 2.35. The van der Waals surface area contributed by atoms with Gasteiger partial charge in [-0.2, -0.15) is 0 Å². The van der Waals surface area contributed by atoms with E-state index in [0.717, 1.165) is 50.3 Å². The summed E-state index contributed by atoms with van der Waals surface area (Å²) in [5, 5.41) is 0. The first-order valence-corrected chi connectivity index (χ1v) is 10.4. The highest BCUT2D eigenvalue weighted by molar-refractivity contribution is 5.81. The van der Waals surface area contributed by atoms with Crippen LogP contribution in [0, 0.1) is 5.92 Å². The minimum Gasteiger partial charge on any atom is -0.497 e. The Morgan fingerprint density at radius 2 is 1.93 bits per heavy atom. The number of aromatic nitrogens is 1. The van der Waals surface area contributed by atoms with Crippen LogP contribution in [0.1, 0.15) is 24.0 Å². The van der Waals surface area contributed by atoms with Gasteiger partial charge in [0.25, 0.3) is 0 Å². The second-order valence-electron chi connectivity index (χ2n) is 7.94. The zero-order chi connectivity index (χ0) is 20.1. The molecule has 1 aromatic heterocycles. The molecule has 0 N–H and O–H groups in total. The van der Waals surface area contributed by atoms with Gasteiger partial charge in [0, 0.05) is 51.0 Å². The van der Waals surface area contributed by atoms with Gasteiger partial charge in [-0.05, 0) is 42.2 Å². The zero-order valence-corrected chi connectivity index (χ0v) is 17.0. The van der Waals surface area contributed by atoms with Crippen LogP contribution in [-0.2, 0) is 22.7 Å². The Hall–Kier alpha value is -2.44. The lowest BCUT2D eigenvalue weighted by atomic mass is 10.2. The number of nitrogens with zero attached hydrogens (tertiary/aromatic N) is 3. The lowest BCUT2D eigenvalue weighted by molar-refractivity contribution is -0.134.